The maximum atomic E-state index is 10.4. The number of imidazole rings is 1. The third-order valence-electron chi connectivity index (χ3n) is 3.52. The Bertz CT molecular complexity index is 684. The number of ether oxygens (including phenoxy) is 1. The van der Waals surface area contributed by atoms with Crippen LogP contribution in [0.1, 0.15) is 6.23 Å². The van der Waals surface area contributed by atoms with Crippen molar-refractivity contribution in [3.8, 4) is 0 Å². The molecule has 2 radical (unpaired) electrons. The Labute approximate surface area is 120 Å². The van der Waals surface area contributed by atoms with E-state index >= 15 is 0 Å². The molecule has 2 fully saturated rings. The van der Waals surface area contributed by atoms with Crippen LogP contribution >= 0.6 is 7.82 Å². The normalized spacial score (nSPS) is 39.5. The Kier molecular flexibility index (Phi) is 3.00. The molecule has 2 aliphatic heterocycles. The van der Waals surface area contributed by atoms with Crippen LogP contribution in [0.15, 0.2) is 18.9 Å². The minimum atomic E-state index is -3.39. The number of aliphatic hydroxyl groups is 1. The highest BCUT2D eigenvalue weighted by Crippen LogP contribution is 2.58. The SMILES string of the molecule is [B][P+]1(O)OC[C@H]2O[C@@H](n3cnc4cncnc43)C(O)[C@@H]2O1. The summed E-state index contributed by atoms with van der Waals surface area (Å²) in [5.41, 5.74) is 1.12. The molecule has 2 N–H and O–H groups in total. The highest BCUT2D eigenvalue weighted by molar-refractivity contribution is 7.85. The van der Waals surface area contributed by atoms with Gasteiger partial charge in [-0.05, 0) is 0 Å². The molecule has 21 heavy (non-hydrogen) atoms. The molecule has 2 unspecified atom stereocenters. The van der Waals surface area contributed by atoms with Gasteiger partial charge in [-0.15, -0.1) is 0 Å². The van der Waals surface area contributed by atoms with Gasteiger partial charge in [0, 0.05) is 0 Å². The van der Waals surface area contributed by atoms with Crippen LogP contribution in [-0.2, 0) is 13.8 Å². The van der Waals surface area contributed by atoms with Crippen molar-refractivity contribution >= 4 is 26.6 Å². The predicted molar refractivity (Wildman–Crippen MR) is 71.0 cm³/mol. The van der Waals surface area contributed by atoms with Gasteiger partial charge in [0.15, 0.2) is 18.0 Å². The molecule has 108 valence electrons. The van der Waals surface area contributed by atoms with Crippen LogP contribution in [0, 0.1) is 0 Å². The van der Waals surface area contributed by atoms with Crippen molar-refractivity contribution in [2.24, 2.45) is 0 Å². The van der Waals surface area contributed by atoms with E-state index in [1.54, 1.807) is 10.8 Å². The molecule has 0 spiro atoms. The van der Waals surface area contributed by atoms with Crippen LogP contribution in [0.4, 0.5) is 0 Å². The quantitative estimate of drug-likeness (QED) is 0.527. The lowest BCUT2D eigenvalue weighted by Gasteiger charge is -2.27. The topological polar surface area (TPSA) is 112 Å². The van der Waals surface area contributed by atoms with Crippen LogP contribution in [0.2, 0.25) is 0 Å². The van der Waals surface area contributed by atoms with Gasteiger partial charge in [0.05, 0.1) is 12.5 Å². The molecule has 9 nitrogen and oxygen atoms in total. The minimum absolute atomic E-state index is 0.0562. The maximum Gasteiger partial charge on any atom is 0.488 e. The molecule has 2 aromatic heterocycles. The largest absolute Gasteiger partial charge is 0.488 e. The Balaban J connectivity index is 1.68. The van der Waals surface area contributed by atoms with Gasteiger partial charge in [0.25, 0.3) is 0 Å². The van der Waals surface area contributed by atoms with Crippen LogP contribution in [0.3, 0.4) is 0 Å². The number of nitrogens with zero attached hydrogens (tertiary/aromatic N) is 4. The summed E-state index contributed by atoms with van der Waals surface area (Å²) in [6.45, 7) is 0.0562. The summed E-state index contributed by atoms with van der Waals surface area (Å²) < 4.78 is 17.6. The molecule has 2 aliphatic rings. The van der Waals surface area contributed by atoms with E-state index in [9.17, 15) is 10.00 Å². The number of rotatable bonds is 1. The summed E-state index contributed by atoms with van der Waals surface area (Å²) in [5, 5.41) is 10.4. The number of aromatic nitrogens is 4. The molecule has 0 bridgehead atoms. The lowest BCUT2D eigenvalue weighted by Crippen LogP contribution is -2.40. The molecular weight excluding hydrogens is 298 g/mol. The van der Waals surface area contributed by atoms with E-state index < -0.39 is 32.4 Å². The first-order chi connectivity index (χ1) is 10.1. The average molecular weight is 309 g/mol. The fourth-order valence-corrected chi connectivity index (χ4v) is 3.60. The zero-order valence-corrected chi connectivity index (χ0v) is 11.6. The third kappa shape index (κ3) is 2.15. The maximum absolute atomic E-state index is 10.4. The van der Waals surface area contributed by atoms with Crippen molar-refractivity contribution in [1.82, 2.24) is 19.5 Å². The van der Waals surface area contributed by atoms with E-state index in [1.807, 2.05) is 0 Å². The molecule has 0 aliphatic carbocycles. The van der Waals surface area contributed by atoms with Gasteiger partial charge in [-0.2, -0.15) is 9.05 Å². The van der Waals surface area contributed by atoms with Gasteiger partial charge < -0.3 is 9.84 Å². The molecule has 2 aromatic rings. The van der Waals surface area contributed by atoms with E-state index in [0.717, 1.165) is 0 Å². The molecule has 0 amide bonds. The van der Waals surface area contributed by atoms with E-state index in [4.69, 9.17) is 21.4 Å². The van der Waals surface area contributed by atoms with Gasteiger partial charge in [0.2, 0.25) is 0 Å². The number of hydrogen-bond donors (Lipinski definition) is 2. The van der Waals surface area contributed by atoms with E-state index in [0.29, 0.717) is 11.2 Å². The zero-order chi connectivity index (χ0) is 14.6. The van der Waals surface area contributed by atoms with E-state index in [-0.39, 0.29) is 6.61 Å². The highest BCUT2D eigenvalue weighted by atomic mass is 31.2. The van der Waals surface area contributed by atoms with Crippen LogP contribution in [0.25, 0.3) is 11.2 Å². The van der Waals surface area contributed by atoms with Gasteiger partial charge in [-0.1, -0.05) is 0 Å². The van der Waals surface area contributed by atoms with Gasteiger partial charge in [-0.25, -0.2) is 19.8 Å². The van der Waals surface area contributed by atoms with Crippen molar-refractivity contribution in [1.29, 1.82) is 0 Å². The second-order valence-electron chi connectivity index (χ2n) is 4.87. The van der Waals surface area contributed by atoms with Crippen molar-refractivity contribution in [2.45, 2.75) is 24.5 Å². The summed E-state index contributed by atoms with van der Waals surface area (Å²) in [6, 6.07) is 0. The second-order valence-corrected chi connectivity index (χ2v) is 6.47. The summed E-state index contributed by atoms with van der Waals surface area (Å²) >= 11 is 0. The molecule has 5 atom stereocenters. The molecule has 4 heterocycles. The molecular formula is C10H11BN4O5P+. The fourth-order valence-electron chi connectivity index (χ4n) is 2.57. The van der Waals surface area contributed by atoms with Crippen LogP contribution in [0.5, 0.6) is 0 Å². The number of fused-ring (bicyclic) bond motifs is 2. The zero-order valence-electron chi connectivity index (χ0n) is 10.7. The summed E-state index contributed by atoms with van der Waals surface area (Å²) in [4.78, 5) is 21.8. The van der Waals surface area contributed by atoms with Crippen molar-refractivity contribution in [2.75, 3.05) is 6.61 Å². The Morgan fingerprint density at radius 1 is 1.43 bits per heavy atom. The van der Waals surface area contributed by atoms with Gasteiger partial charge >= 0.3 is 15.4 Å². The van der Waals surface area contributed by atoms with Crippen molar-refractivity contribution < 1.29 is 23.8 Å². The number of hydrogen-bond acceptors (Lipinski definition) is 8. The van der Waals surface area contributed by atoms with Crippen molar-refractivity contribution in [3.05, 3.63) is 18.9 Å². The lowest BCUT2D eigenvalue weighted by atomic mass is 10.1. The monoisotopic (exact) mass is 309 g/mol. The molecule has 4 rings (SSSR count). The molecule has 11 heteroatoms. The van der Waals surface area contributed by atoms with Crippen LogP contribution < -0.4 is 0 Å². The molecule has 2 saturated heterocycles. The fraction of sp³-hybridized carbons (Fsp3) is 0.500. The Morgan fingerprint density at radius 2 is 2.29 bits per heavy atom. The van der Waals surface area contributed by atoms with Gasteiger partial charge in [-0.3, -0.25) is 4.57 Å². The lowest BCUT2D eigenvalue weighted by molar-refractivity contribution is -0.0603. The number of aliphatic hydroxyl groups excluding tert-OH is 1. The average Bonchev–Trinajstić information content (AvgIpc) is 3.00. The van der Waals surface area contributed by atoms with E-state index in [1.165, 1.54) is 12.7 Å². The smallest absolute Gasteiger partial charge is 0.385 e. The minimum Gasteiger partial charge on any atom is -0.385 e. The molecule has 0 aromatic carbocycles. The first kappa shape index (κ1) is 13.5. The first-order valence-electron chi connectivity index (χ1n) is 6.24. The van der Waals surface area contributed by atoms with E-state index in [2.05, 4.69) is 15.0 Å². The van der Waals surface area contributed by atoms with Crippen LogP contribution in [-0.4, -0.2) is 62.0 Å². The standard InChI is InChI=1S/C10H11BN4O5P/c11-21(17)18-2-6-8(20-21)7(16)10(19-6)15-4-14-5-1-12-3-13-9(5)15/h1,3-4,6-8,10,16-17H,2H2/q+1/t6-,7?,8-,10-,21?/m1/s1. The molecule has 0 saturated carbocycles. The second kappa shape index (κ2) is 4.67. The van der Waals surface area contributed by atoms with Gasteiger partial charge in [0.1, 0.15) is 30.7 Å². The highest BCUT2D eigenvalue weighted by Gasteiger charge is 2.56. The summed E-state index contributed by atoms with van der Waals surface area (Å²) in [7, 11) is 2.08. The Morgan fingerprint density at radius 3 is 3.14 bits per heavy atom. The summed E-state index contributed by atoms with van der Waals surface area (Å²) in [5.74, 6) is 0. The first-order valence-corrected chi connectivity index (χ1v) is 7.89. The Hall–Kier alpha value is -1.16. The predicted octanol–water partition coefficient (Wildman–Crippen LogP) is -0.662. The third-order valence-corrected chi connectivity index (χ3v) is 4.58. The summed E-state index contributed by atoms with van der Waals surface area (Å²) in [6.07, 6.45) is 1.41. The van der Waals surface area contributed by atoms with Crippen molar-refractivity contribution in [3.63, 3.8) is 0 Å².